The molecule has 0 spiro atoms. The largest absolute Gasteiger partial charge is 1.00 e. The highest BCUT2D eigenvalue weighted by molar-refractivity contribution is 5.82. The smallest absolute Gasteiger partial charge is 0.229 e. The molecule has 1 heterocycles. The van der Waals surface area contributed by atoms with Crippen molar-refractivity contribution in [2.75, 3.05) is 34.4 Å². The zero-order valence-electron chi connectivity index (χ0n) is 16.3. The van der Waals surface area contributed by atoms with E-state index in [9.17, 15) is 9.59 Å². The van der Waals surface area contributed by atoms with Crippen molar-refractivity contribution in [1.29, 1.82) is 0 Å². The first-order chi connectivity index (χ1) is 10.6. The maximum Gasteiger partial charge on any atom is 0.229 e. The molecule has 1 unspecified atom stereocenters. The average molecular weight is 362 g/mol. The van der Waals surface area contributed by atoms with Crippen LogP contribution in [0.4, 0.5) is 0 Å². The third kappa shape index (κ3) is 8.15. The summed E-state index contributed by atoms with van der Waals surface area (Å²) in [6.45, 7) is 13.5. The molecular weight excluding hydrogens is 326 g/mol. The second kappa shape index (κ2) is 10.7. The van der Waals surface area contributed by atoms with E-state index in [1.165, 1.54) is 0 Å². The highest BCUT2D eigenvalue weighted by Crippen LogP contribution is 2.29. The second-order valence-electron chi connectivity index (χ2n) is 7.80. The van der Waals surface area contributed by atoms with Crippen LogP contribution in [0.1, 0.15) is 46.5 Å². The van der Waals surface area contributed by atoms with Crippen molar-refractivity contribution in [3.63, 3.8) is 0 Å². The Morgan fingerprint density at radius 3 is 2.25 bits per heavy atom. The van der Waals surface area contributed by atoms with Crippen LogP contribution in [-0.2, 0) is 9.59 Å². The van der Waals surface area contributed by atoms with Gasteiger partial charge in [-0.05, 0) is 19.3 Å². The lowest BCUT2D eigenvalue weighted by atomic mass is 9.83. The molecule has 1 N–H and O–H groups in total. The third-order valence-corrected chi connectivity index (χ3v) is 4.10. The molecule has 0 aliphatic carbocycles. The molecule has 1 aliphatic heterocycles. The van der Waals surface area contributed by atoms with Gasteiger partial charge in [-0.3, -0.25) is 9.59 Å². The fraction of sp³-hybridized carbons (Fsp3) is 0.778. The molecule has 24 heavy (non-hydrogen) atoms. The third-order valence-electron chi connectivity index (χ3n) is 4.10. The SMILES string of the molecule is C=C.CCC(CC(C)(C)C(=O)NC[N+](C)(C)C)N1CCCC1=O.[Cl-]. The molecule has 0 aromatic heterocycles. The summed E-state index contributed by atoms with van der Waals surface area (Å²) >= 11 is 0. The molecule has 5 nitrogen and oxygen atoms in total. The van der Waals surface area contributed by atoms with E-state index in [1.54, 1.807) is 0 Å². The van der Waals surface area contributed by atoms with Gasteiger partial charge in [0.05, 0.1) is 21.1 Å². The highest BCUT2D eigenvalue weighted by Gasteiger charge is 2.35. The van der Waals surface area contributed by atoms with Crippen molar-refractivity contribution in [2.45, 2.75) is 52.5 Å². The van der Waals surface area contributed by atoms with Crippen LogP contribution in [0.25, 0.3) is 0 Å². The van der Waals surface area contributed by atoms with Gasteiger partial charge in [0.25, 0.3) is 0 Å². The van der Waals surface area contributed by atoms with Gasteiger partial charge in [0.15, 0.2) is 6.67 Å². The fourth-order valence-corrected chi connectivity index (χ4v) is 2.76. The monoisotopic (exact) mass is 361 g/mol. The molecule has 2 amide bonds. The molecule has 0 aromatic rings. The van der Waals surface area contributed by atoms with E-state index in [1.807, 2.05) is 39.9 Å². The van der Waals surface area contributed by atoms with Gasteiger partial charge < -0.3 is 27.1 Å². The molecule has 1 aliphatic rings. The number of nitrogens with zero attached hydrogens (tertiary/aromatic N) is 2. The van der Waals surface area contributed by atoms with Gasteiger partial charge in [-0.2, -0.15) is 0 Å². The van der Waals surface area contributed by atoms with Crippen molar-refractivity contribution < 1.29 is 26.5 Å². The minimum atomic E-state index is -0.460. The van der Waals surface area contributed by atoms with Crippen LogP contribution >= 0.6 is 0 Å². The van der Waals surface area contributed by atoms with Gasteiger partial charge in [-0.15, -0.1) is 13.2 Å². The predicted octanol–water partition coefficient (Wildman–Crippen LogP) is -0.610. The highest BCUT2D eigenvalue weighted by atomic mass is 35.5. The first kappa shape index (κ1) is 25.2. The number of nitrogens with one attached hydrogen (secondary N) is 1. The van der Waals surface area contributed by atoms with Crippen LogP contribution in [0, 0.1) is 5.41 Å². The van der Waals surface area contributed by atoms with Crippen LogP contribution in [0.3, 0.4) is 0 Å². The molecule has 1 atom stereocenters. The van der Waals surface area contributed by atoms with E-state index < -0.39 is 5.41 Å². The van der Waals surface area contributed by atoms with Gasteiger partial charge in [0, 0.05) is 24.4 Å². The van der Waals surface area contributed by atoms with Gasteiger partial charge >= 0.3 is 0 Å². The van der Waals surface area contributed by atoms with E-state index in [4.69, 9.17) is 0 Å². The topological polar surface area (TPSA) is 49.4 Å². The molecule has 1 fully saturated rings. The van der Waals surface area contributed by atoms with E-state index >= 15 is 0 Å². The molecule has 0 saturated carbocycles. The maximum atomic E-state index is 12.4. The lowest BCUT2D eigenvalue weighted by molar-refractivity contribution is -0.872. The van der Waals surface area contributed by atoms with Gasteiger partial charge in [0.1, 0.15) is 0 Å². The lowest BCUT2D eigenvalue weighted by Gasteiger charge is -2.34. The number of halogens is 1. The van der Waals surface area contributed by atoms with E-state index in [-0.39, 0.29) is 30.3 Å². The summed E-state index contributed by atoms with van der Waals surface area (Å²) in [5.41, 5.74) is -0.460. The summed E-state index contributed by atoms with van der Waals surface area (Å²) in [5.74, 6) is 0.310. The van der Waals surface area contributed by atoms with Crippen LogP contribution < -0.4 is 17.7 Å². The zero-order valence-corrected chi connectivity index (χ0v) is 17.1. The standard InChI is InChI=1S/C16H31N3O2.C2H4.ClH/c1-7-13(18-10-8-9-14(18)20)11-16(2,3)15(21)17-12-19(4,5)6;1-2;/h13H,7-12H2,1-6H3;1-2H2;1H. The number of carbonyl (C=O) groups excluding carboxylic acids is 2. The lowest BCUT2D eigenvalue weighted by Crippen LogP contribution is -3.00. The fourth-order valence-electron chi connectivity index (χ4n) is 2.76. The summed E-state index contributed by atoms with van der Waals surface area (Å²) in [5, 5.41) is 3.02. The zero-order chi connectivity index (χ0) is 18.3. The first-order valence-electron chi connectivity index (χ1n) is 8.45. The molecule has 0 radical (unpaired) electrons. The van der Waals surface area contributed by atoms with Crippen LogP contribution in [-0.4, -0.2) is 61.6 Å². The Kier molecular flexibility index (Phi) is 11.2. The number of amides is 2. The first-order valence-corrected chi connectivity index (χ1v) is 8.45. The molecule has 1 saturated heterocycles. The van der Waals surface area contributed by atoms with Crippen molar-refractivity contribution in [3.05, 3.63) is 13.2 Å². The van der Waals surface area contributed by atoms with Crippen LogP contribution in [0.2, 0.25) is 0 Å². The van der Waals surface area contributed by atoms with Gasteiger partial charge in [0.2, 0.25) is 11.8 Å². The van der Waals surface area contributed by atoms with Gasteiger partial charge in [-0.25, -0.2) is 0 Å². The Morgan fingerprint density at radius 1 is 1.33 bits per heavy atom. The maximum absolute atomic E-state index is 12.4. The summed E-state index contributed by atoms with van der Waals surface area (Å²) in [4.78, 5) is 26.3. The molecule has 0 aromatic carbocycles. The summed E-state index contributed by atoms with van der Waals surface area (Å²) in [7, 11) is 6.14. The Bertz CT molecular complexity index is 406. The van der Waals surface area contributed by atoms with E-state index in [0.717, 1.165) is 25.8 Å². The summed E-state index contributed by atoms with van der Waals surface area (Å²) < 4.78 is 0.698. The Hall–Kier alpha value is -1.07. The average Bonchev–Trinajstić information content (AvgIpc) is 2.89. The number of hydrogen-bond acceptors (Lipinski definition) is 2. The predicted molar refractivity (Wildman–Crippen MR) is 95.7 cm³/mol. The van der Waals surface area contributed by atoms with Crippen molar-refractivity contribution >= 4 is 11.8 Å². The van der Waals surface area contributed by atoms with Crippen LogP contribution in [0.15, 0.2) is 13.2 Å². The Morgan fingerprint density at radius 2 is 1.88 bits per heavy atom. The molecular formula is C18H36ClN3O2. The van der Waals surface area contributed by atoms with E-state index in [0.29, 0.717) is 17.6 Å². The number of rotatable bonds is 7. The van der Waals surface area contributed by atoms with E-state index in [2.05, 4.69) is 25.4 Å². The summed E-state index contributed by atoms with van der Waals surface area (Å²) in [6, 6.07) is 0.171. The molecule has 1 rings (SSSR count). The van der Waals surface area contributed by atoms with Crippen molar-refractivity contribution in [3.8, 4) is 0 Å². The summed E-state index contributed by atoms with van der Waals surface area (Å²) in [6.07, 6.45) is 3.23. The number of carbonyl (C=O) groups is 2. The molecule has 142 valence electrons. The minimum Gasteiger partial charge on any atom is -1.00 e. The second-order valence-corrected chi connectivity index (χ2v) is 7.80. The van der Waals surface area contributed by atoms with Crippen molar-refractivity contribution in [1.82, 2.24) is 10.2 Å². The normalized spacial score (nSPS) is 15.9. The number of hydrogen-bond donors (Lipinski definition) is 1. The van der Waals surface area contributed by atoms with Gasteiger partial charge in [-0.1, -0.05) is 20.8 Å². The molecule has 0 bridgehead atoms. The Labute approximate surface area is 154 Å². The minimum absolute atomic E-state index is 0. The number of quaternary nitrogens is 1. The Balaban J connectivity index is 0. The van der Waals surface area contributed by atoms with Crippen LogP contribution in [0.5, 0.6) is 0 Å². The van der Waals surface area contributed by atoms with Crippen molar-refractivity contribution in [2.24, 2.45) is 5.41 Å². The molecule has 6 heteroatoms. The number of likely N-dealkylation sites (tertiary alicyclic amines) is 1. The quantitative estimate of drug-likeness (QED) is 0.373.